The van der Waals surface area contributed by atoms with E-state index in [4.69, 9.17) is 4.74 Å². The largest absolute Gasteiger partial charge is 0.379 e. The van der Waals surface area contributed by atoms with E-state index in [9.17, 15) is 22.8 Å². The third-order valence-corrected chi connectivity index (χ3v) is 7.62. The van der Waals surface area contributed by atoms with Gasteiger partial charge in [-0.25, -0.2) is 13.2 Å². The van der Waals surface area contributed by atoms with Crippen LogP contribution in [0, 0.1) is 0 Å². The van der Waals surface area contributed by atoms with Crippen molar-refractivity contribution < 1.29 is 27.5 Å². The predicted molar refractivity (Wildman–Crippen MR) is 106 cm³/mol. The number of nitrogens with one attached hydrogen (secondary N) is 2. The zero-order valence-electron chi connectivity index (χ0n) is 16.4. The Morgan fingerprint density at radius 1 is 1.17 bits per heavy atom. The fourth-order valence-electron chi connectivity index (χ4n) is 4.15. The van der Waals surface area contributed by atoms with Gasteiger partial charge in [0.25, 0.3) is 5.91 Å². The first kappa shape index (κ1) is 20.8. The van der Waals surface area contributed by atoms with Crippen LogP contribution in [-0.4, -0.2) is 73.9 Å². The van der Waals surface area contributed by atoms with Crippen LogP contribution in [0.5, 0.6) is 0 Å². The summed E-state index contributed by atoms with van der Waals surface area (Å²) in [6, 6.07) is 5.35. The van der Waals surface area contributed by atoms with Crippen LogP contribution in [0.1, 0.15) is 25.7 Å². The van der Waals surface area contributed by atoms with Crippen molar-refractivity contribution in [1.29, 1.82) is 0 Å². The summed E-state index contributed by atoms with van der Waals surface area (Å²) < 4.78 is 32.1. The highest BCUT2D eigenvalue weighted by atomic mass is 32.2. The highest BCUT2D eigenvalue weighted by molar-refractivity contribution is 7.89. The van der Waals surface area contributed by atoms with E-state index in [0.29, 0.717) is 26.1 Å². The minimum absolute atomic E-state index is 0.0575. The number of carbonyl (C=O) groups is 3. The van der Waals surface area contributed by atoms with Gasteiger partial charge in [-0.15, -0.1) is 0 Å². The molecule has 1 spiro atoms. The Morgan fingerprint density at radius 3 is 2.57 bits per heavy atom. The van der Waals surface area contributed by atoms with Crippen molar-refractivity contribution in [1.82, 2.24) is 14.5 Å². The van der Waals surface area contributed by atoms with E-state index in [-0.39, 0.29) is 29.6 Å². The average Bonchev–Trinajstić information content (AvgIpc) is 3.29. The topological polar surface area (TPSA) is 125 Å². The molecule has 4 amide bonds. The summed E-state index contributed by atoms with van der Waals surface area (Å²) in [7, 11) is -3.70. The third-order valence-electron chi connectivity index (χ3n) is 5.73. The fraction of sp³-hybridized carbons (Fsp3) is 0.526. The van der Waals surface area contributed by atoms with Crippen LogP contribution in [0.2, 0.25) is 0 Å². The molecule has 11 heteroatoms. The van der Waals surface area contributed by atoms with Crippen LogP contribution in [-0.2, 0) is 24.3 Å². The van der Waals surface area contributed by atoms with Crippen LogP contribution in [0.15, 0.2) is 29.2 Å². The van der Waals surface area contributed by atoms with Crippen molar-refractivity contribution >= 4 is 33.6 Å². The molecular weight excluding hydrogens is 412 g/mol. The first-order chi connectivity index (χ1) is 14.3. The van der Waals surface area contributed by atoms with Gasteiger partial charge in [-0.05, 0) is 31.0 Å². The fourth-order valence-corrected chi connectivity index (χ4v) is 5.61. The lowest BCUT2D eigenvalue weighted by molar-refractivity contribution is -0.133. The number of morpholine rings is 1. The van der Waals surface area contributed by atoms with Gasteiger partial charge in [-0.3, -0.25) is 14.5 Å². The minimum atomic E-state index is -3.70. The van der Waals surface area contributed by atoms with Gasteiger partial charge >= 0.3 is 6.03 Å². The Balaban J connectivity index is 1.43. The second-order valence-corrected chi connectivity index (χ2v) is 9.64. The second-order valence-electron chi connectivity index (χ2n) is 7.70. The normalized spacial score (nSPS) is 21.8. The van der Waals surface area contributed by atoms with Gasteiger partial charge in [0.05, 0.1) is 18.1 Å². The number of hydrogen-bond donors (Lipinski definition) is 2. The smallest absolute Gasteiger partial charge is 0.325 e. The van der Waals surface area contributed by atoms with Gasteiger partial charge in [0, 0.05) is 18.8 Å². The molecule has 1 aliphatic carbocycles. The summed E-state index contributed by atoms with van der Waals surface area (Å²) in [5, 5.41) is 5.31. The SMILES string of the molecule is O=C(CN1C(=O)NC2(CCCC2)C1=O)Nc1cccc(S(=O)(=O)N2CCOCC2)c1. The molecule has 162 valence electrons. The van der Waals surface area contributed by atoms with Crippen molar-refractivity contribution in [2.24, 2.45) is 0 Å². The van der Waals surface area contributed by atoms with E-state index in [0.717, 1.165) is 17.7 Å². The highest BCUT2D eigenvalue weighted by Gasteiger charge is 2.52. The quantitative estimate of drug-likeness (QED) is 0.648. The van der Waals surface area contributed by atoms with Gasteiger partial charge in [-0.1, -0.05) is 18.9 Å². The number of carbonyl (C=O) groups excluding carboxylic acids is 3. The molecule has 4 rings (SSSR count). The van der Waals surface area contributed by atoms with Gasteiger partial charge in [0.2, 0.25) is 15.9 Å². The van der Waals surface area contributed by atoms with Gasteiger partial charge < -0.3 is 15.4 Å². The number of sulfonamides is 1. The molecule has 30 heavy (non-hydrogen) atoms. The molecule has 1 saturated carbocycles. The molecule has 0 atom stereocenters. The molecule has 2 aliphatic heterocycles. The average molecular weight is 436 g/mol. The lowest BCUT2D eigenvalue weighted by Gasteiger charge is -2.26. The van der Waals surface area contributed by atoms with E-state index >= 15 is 0 Å². The molecule has 2 saturated heterocycles. The number of nitrogens with zero attached hydrogens (tertiary/aromatic N) is 2. The van der Waals surface area contributed by atoms with E-state index < -0.39 is 34.0 Å². The molecular formula is C19H24N4O6S. The van der Waals surface area contributed by atoms with E-state index in [1.165, 1.54) is 22.5 Å². The number of amides is 4. The first-order valence-corrected chi connectivity index (χ1v) is 11.4. The maximum Gasteiger partial charge on any atom is 0.325 e. The van der Waals surface area contributed by atoms with E-state index in [1.807, 2.05) is 0 Å². The van der Waals surface area contributed by atoms with Crippen molar-refractivity contribution in [2.75, 3.05) is 38.2 Å². The molecule has 3 fully saturated rings. The molecule has 1 aromatic carbocycles. The monoisotopic (exact) mass is 436 g/mol. The number of ether oxygens (including phenoxy) is 1. The molecule has 2 heterocycles. The summed E-state index contributed by atoms with van der Waals surface area (Å²) in [4.78, 5) is 38.3. The van der Waals surface area contributed by atoms with Gasteiger partial charge in [0.1, 0.15) is 12.1 Å². The summed E-state index contributed by atoms with van der Waals surface area (Å²) >= 11 is 0. The lowest BCUT2D eigenvalue weighted by Crippen LogP contribution is -2.44. The summed E-state index contributed by atoms with van der Waals surface area (Å²) in [6.45, 7) is 0.790. The highest BCUT2D eigenvalue weighted by Crippen LogP contribution is 2.35. The maximum absolute atomic E-state index is 12.8. The lowest BCUT2D eigenvalue weighted by atomic mass is 9.98. The molecule has 2 N–H and O–H groups in total. The Labute approximate surface area is 174 Å². The van der Waals surface area contributed by atoms with Crippen molar-refractivity contribution in [3.8, 4) is 0 Å². The van der Waals surface area contributed by atoms with Gasteiger partial charge in [-0.2, -0.15) is 4.31 Å². The Bertz CT molecular complexity index is 967. The number of urea groups is 1. The molecule has 0 bridgehead atoms. The third kappa shape index (κ3) is 3.80. The van der Waals surface area contributed by atoms with Gasteiger partial charge in [0.15, 0.2) is 0 Å². The number of hydrogen-bond acceptors (Lipinski definition) is 6. The number of imide groups is 1. The zero-order valence-corrected chi connectivity index (χ0v) is 17.2. The van der Waals surface area contributed by atoms with Crippen molar-refractivity contribution in [3.05, 3.63) is 24.3 Å². The van der Waals surface area contributed by atoms with Crippen LogP contribution >= 0.6 is 0 Å². The molecule has 10 nitrogen and oxygen atoms in total. The Hall–Kier alpha value is -2.50. The standard InChI is InChI=1S/C19H24N4O6S/c24-16(13-23-17(25)19(21-18(23)26)6-1-2-7-19)20-14-4-3-5-15(12-14)30(27,28)22-8-10-29-11-9-22/h3-5,12H,1-2,6-11,13H2,(H,20,24)(H,21,26). The Kier molecular flexibility index (Phi) is 5.51. The predicted octanol–water partition coefficient (Wildman–Crippen LogP) is 0.511. The molecule has 1 aromatic rings. The van der Waals surface area contributed by atoms with Crippen molar-refractivity contribution in [3.63, 3.8) is 0 Å². The summed E-state index contributed by atoms with van der Waals surface area (Å²) in [6.07, 6.45) is 2.88. The Morgan fingerprint density at radius 2 is 1.87 bits per heavy atom. The summed E-state index contributed by atoms with van der Waals surface area (Å²) in [5.41, 5.74) is -0.597. The molecule has 0 unspecified atom stereocenters. The zero-order chi connectivity index (χ0) is 21.4. The number of anilines is 1. The van der Waals surface area contributed by atoms with Crippen molar-refractivity contribution in [2.45, 2.75) is 36.1 Å². The van der Waals surface area contributed by atoms with Crippen LogP contribution in [0.3, 0.4) is 0 Å². The molecule has 0 radical (unpaired) electrons. The number of rotatable bonds is 5. The molecule has 0 aromatic heterocycles. The second kappa shape index (κ2) is 7.97. The summed E-state index contributed by atoms with van der Waals surface area (Å²) in [5.74, 6) is -0.946. The first-order valence-electron chi connectivity index (χ1n) is 9.94. The minimum Gasteiger partial charge on any atom is -0.379 e. The molecule has 3 aliphatic rings. The van der Waals surface area contributed by atoms with E-state index in [2.05, 4.69) is 10.6 Å². The van der Waals surface area contributed by atoms with Crippen LogP contribution in [0.4, 0.5) is 10.5 Å². The van der Waals surface area contributed by atoms with Crippen LogP contribution < -0.4 is 10.6 Å². The van der Waals surface area contributed by atoms with Crippen LogP contribution in [0.25, 0.3) is 0 Å². The maximum atomic E-state index is 12.8. The van der Waals surface area contributed by atoms with E-state index in [1.54, 1.807) is 6.07 Å². The number of benzene rings is 1.